The molecule has 0 amide bonds. The van der Waals surface area contributed by atoms with Crippen LogP contribution in [0.15, 0.2) is 30.3 Å². The molecule has 82 valence electrons. The number of ether oxygens (including phenoxy) is 1. The molecule has 1 aromatic carbocycles. The minimum absolute atomic E-state index is 0.603. The van der Waals surface area contributed by atoms with Crippen molar-refractivity contribution in [3.05, 3.63) is 41.7 Å². The van der Waals surface area contributed by atoms with E-state index in [2.05, 4.69) is 29.0 Å². The van der Waals surface area contributed by atoms with Crippen LogP contribution in [0.25, 0.3) is 11.3 Å². The SMILES string of the molecule is COc1cc(-c2ccccc2C)nc(C)n1. The van der Waals surface area contributed by atoms with E-state index in [0.717, 1.165) is 17.1 Å². The third kappa shape index (κ3) is 2.03. The summed E-state index contributed by atoms with van der Waals surface area (Å²) in [6.45, 7) is 3.93. The first-order chi connectivity index (χ1) is 7.70. The molecule has 0 N–H and O–H groups in total. The van der Waals surface area contributed by atoms with Gasteiger partial charge in [-0.1, -0.05) is 24.3 Å². The molecule has 0 unspecified atom stereocenters. The molecule has 0 saturated carbocycles. The summed E-state index contributed by atoms with van der Waals surface area (Å²) < 4.78 is 5.15. The molecule has 0 atom stereocenters. The fourth-order valence-corrected chi connectivity index (χ4v) is 1.64. The third-order valence-corrected chi connectivity index (χ3v) is 2.44. The largest absolute Gasteiger partial charge is 0.481 e. The topological polar surface area (TPSA) is 35.0 Å². The van der Waals surface area contributed by atoms with Gasteiger partial charge >= 0.3 is 0 Å². The number of rotatable bonds is 2. The van der Waals surface area contributed by atoms with E-state index in [1.807, 2.05) is 25.1 Å². The predicted octanol–water partition coefficient (Wildman–Crippen LogP) is 2.77. The number of aryl methyl sites for hydroxylation is 2. The summed E-state index contributed by atoms with van der Waals surface area (Å²) in [6, 6.07) is 10.0. The second-order valence-corrected chi connectivity index (χ2v) is 3.66. The van der Waals surface area contributed by atoms with E-state index < -0.39 is 0 Å². The van der Waals surface area contributed by atoms with Crippen molar-refractivity contribution in [2.75, 3.05) is 7.11 Å². The van der Waals surface area contributed by atoms with Crippen LogP contribution < -0.4 is 4.74 Å². The van der Waals surface area contributed by atoms with Crippen molar-refractivity contribution in [3.8, 4) is 17.1 Å². The molecule has 2 rings (SSSR count). The second kappa shape index (κ2) is 4.31. The van der Waals surface area contributed by atoms with Crippen molar-refractivity contribution >= 4 is 0 Å². The van der Waals surface area contributed by atoms with Gasteiger partial charge in [0.2, 0.25) is 5.88 Å². The maximum absolute atomic E-state index is 5.15. The smallest absolute Gasteiger partial charge is 0.216 e. The van der Waals surface area contributed by atoms with Crippen LogP contribution in [-0.2, 0) is 0 Å². The van der Waals surface area contributed by atoms with Gasteiger partial charge in [-0.2, -0.15) is 4.98 Å². The molecule has 0 aliphatic heterocycles. The summed E-state index contributed by atoms with van der Waals surface area (Å²) in [6.07, 6.45) is 0. The van der Waals surface area contributed by atoms with E-state index in [9.17, 15) is 0 Å². The Balaban J connectivity index is 2.56. The van der Waals surface area contributed by atoms with Crippen LogP contribution in [0.4, 0.5) is 0 Å². The summed E-state index contributed by atoms with van der Waals surface area (Å²) in [7, 11) is 1.61. The van der Waals surface area contributed by atoms with Crippen molar-refractivity contribution in [2.45, 2.75) is 13.8 Å². The summed E-state index contributed by atoms with van der Waals surface area (Å²) in [4.78, 5) is 8.60. The quantitative estimate of drug-likeness (QED) is 0.771. The normalized spacial score (nSPS) is 10.2. The molecule has 0 bridgehead atoms. The van der Waals surface area contributed by atoms with Crippen molar-refractivity contribution in [1.82, 2.24) is 9.97 Å². The monoisotopic (exact) mass is 214 g/mol. The molecular formula is C13H14N2O. The summed E-state index contributed by atoms with van der Waals surface area (Å²) >= 11 is 0. The fraction of sp³-hybridized carbons (Fsp3) is 0.231. The van der Waals surface area contributed by atoms with Gasteiger partial charge in [-0.3, -0.25) is 0 Å². The van der Waals surface area contributed by atoms with Crippen molar-refractivity contribution in [2.24, 2.45) is 0 Å². The first kappa shape index (κ1) is 10.6. The van der Waals surface area contributed by atoms with Crippen LogP contribution in [0.1, 0.15) is 11.4 Å². The van der Waals surface area contributed by atoms with Crippen LogP contribution in [0.2, 0.25) is 0 Å². The number of benzene rings is 1. The Hall–Kier alpha value is -1.90. The number of aromatic nitrogens is 2. The molecule has 3 heteroatoms. The van der Waals surface area contributed by atoms with Crippen LogP contribution >= 0.6 is 0 Å². The zero-order valence-corrected chi connectivity index (χ0v) is 9.69. The fourth-order valence-electron chi connectivity index (χ4n) is 1.64. The highest BCUT2D eigenvalue weighted by atomic mass is 16.5. The third-order valence-electron chi connectivity index (χ3n) is 2.44. The molecule has 0 fully saturated rings. The Bertz CT molecular complexity index is 509. The highest BCUT2D eigenvalue weighted by molar-refractivity contribution is 5.64. The Kier molecular flexibility index (Phi) is 2.86. The first-order valence-corrected chi connectivity index (χ1v) is 5.16. The van der Waals surface area contributed by atoms with E-state index in [0.29, 0.717) is 5.88 Å². The zero-order chi connectivity index (χ0) is 11.5. The molecular weight excluding hydrogens is 200 g/mol. The van der Waals surface area contributed by atoms with Crippen LogP contribution in [0.5, 0.6) is 5.88 Å². The Morgan fingerprint density at radius 2 is 1.81 bits per heavy atom. The molecule has 0 aliphatic carbocycles. The van der Waals surface area contributed by atoms with E-state index in [1.165, 1.54) is 5.56 Å². The minimum Gasteiger partial charge on any atom is -0.481 e. The molecule has 3 nitrogen and oxygen atoms in total. The number of hydrogen-bond acceptors (Lipinski definition) is 3. The lowest BCUT2D eigenvalue weighted by molar-refractivity contribution is 0.396. The summed E-state index contributed by atoms with van der Waals surface area (Å²) in [5.74, 6) is 1.32. The average Bonchev–Trinajstić information content (AvgIpc) is 2.28. The lowest BCUT2D eigenvalue weighted by Crippen LogP contribution is -1.96. The minimum atomic E-state index is 0.603. The van der Waals surface area contributed by atoms with E-state index in [4.69, 9.17) is 4.74 Å². The Morgan fingerprint density at radius 3 is 2.50 bits per heavy atom. The van der Waals surface area contributed by atoms with Crippen molar-refractivity contribution in [3.63, 3.8) is 0 Å². The molecule has 0 saturated heterocycles. The van der Waals surface area contributed by atoms with Crippen molar-refractivity contribution in [1.29, 1.82) is 0 Å². The molecule has 0 aliphatic rings. The van der Waals surface area contributed by atoms with Gasteiger partial charge in [0.1, 0.15) is 5.82 Å². The second-order valence-electron chi connectivity index (χ2n) is 3.66. The maximum atomic E-state index is 5.15. The highest BCUT2D eigenvalue weighted by Crippen LogP contribution is 2.23. The number of hydrogen-bond donors (Lipinski definition) is 0. The molecule has 2 aromatic rings. The Labute approximate surface area is 95.1 Å². The number of methoxy groups -OCH3 is 1. The van der Waals surface area contributed by atoms with Gasteiger partial charge in [-0.25, -0.2) is 4.98 Å². The van der Waals surface area contributed by atoms with Gasteiger partial charge in [0.15, 0.2) is 0 Å². The van der Waals surface area contributed by atoms with Gasteiger partial charge in [0.25, 0.3) is 0 Å². The first-order valence-electron chi connectivity index (χ1n) is 5.16. The highest BCUT2D eigenvalue weighted by Gasteiger charge is 2.06. The van der Waals surface area contributed by atoms with Gasteiger partial charge in [0.05, 0.1) is 12.8 Å². The van der Waals surface area contributed by atoms with Gasteiger partial charge in [0, 0.05) is 11.6 Å². The molecule has 1 heterocycles. The Morgan fingerprint density at radius 1 is 1.06 bits per heavy atom. The van der Waals surface area contributed by atoms with Gasteiger partial charge < -0.3 is 4.74 Å². The van der Waals surface area contributed by atoms with E-state index >= 15 is 0 Å². The van der Waals surface area contributed by atoms with E-state index in [-0.39, 0.29) is 0 Å². The molecule has 16 heavy (non-hydrogen) atoms. The molecule has 0 spiro atoms. The standard InChI is InChI=1S/C13H14N2O/c1-9-6-4-5-7-11(9)12-8-13(16-3)15-10(2)14-12/h4-8H,1-3H3. The molecule has 0 radical (unpaired) electrons. The predicted molar refractivity (Wildman–Crippen MR) is 63.5 cm³/mol. The van der Waals surface area contributed by atoms with Crippen LogP contribution in [0, 0.1) is 13.8 Å². The zero-order valence-electron chi connectivity index (χ0n) is 9.69. The van der Waals surface area contributed by atoms with Crippen LogP contribution in [-0.4, -0.2) is 17.1 Å². The van der Waals surface area contributed by atoms with Gasteiger partial charge in [-0.15, -0.1) is 0 Å². The van der Waals surface area contributed by atoms with Crippen molar-refractivity contribution < 1.29 is 4.74 Å². The average molecular weight is 214 g/mol. The number of nitrogens with zero attached hydrogens (tertiary/aromatic N) is 2. The summed E-state index contributed by atoms with van der Waals surface area (Å²) in [5.41, 5.74) is 3.22. The lowest BCUT2D eigenvalue weighted by atomic mass is 10.1. The molecule has 1 aromatic heterocycles. The lowest BCUT2D eigenvalue weighted by Gasteiger charge is -2.07. The maximum Gasteiger partial charge on any atom is 0.216 e. The van der Waals surface area contributed by atoms with Gasteiger partial charge in [-0.05, 0) is 19.4 Å². The summed E-state index contributed by atoms with van der Waals surface area (Å²) in [5, 5.41) is 0. The van der Waals surface area contributed by atoms with E-state index in [1.54, 1.807) is 7.11 Å². The van der Waals surface area contributed by atoms with Crippen LogP contribution in [0.3, 0.4) is 0 Å².